The third-order valence-corrected chi connectivity index (χ3v) is 2.47. The number of hydrogen-bond donors (Lipinski definition) is 2. The first-order chi connectivity index (χ1) is 6.65. The summed E-state index contributed by atoms with van der Waals surface area (Å²) in [5.74, 6) is 0. The molecule has 0 aliphatic heterocycles. The summed E-state index contributed by atoms with van der Waals surface area (Å²) in [4.78, 5) is 0. The summed E-state index contributed by atoms with van der Waals surface area (Å²) < 4.78 is 0. The highest BCUT2D eigenvalue weighted by Gasteiger charge is 2.09. The molecule has 2 N–H and O–H groups in total. The Hall–Kier alpha value is -0.860. The largest absolute Gasteiger partial charge is 0.393 e. The monoisotopic (exact) mass is 193 g/mol. The Bertz CT molecular complexity index is 283. The van der Waals surface area contributed by atoms with Gasteiger partial charge in [-0.15, -0.1) is 0 Å². The molecule has 0 saturated heterocycles. The van der Waals surface area contributed by atoms with Crippen LogP contribution in [0.4, 0.5) is 0 Å². The Morgan fingerprint density at radius 1 is 1.29 bits per heavy atom. The van der Waals surface area contributed by atoms with Crippen LogP contribution in [0.15, 0.2) is 24.3 Å². The summed E-state index contributed by atoms with van der Waals surface area (Å²) in [7, 11) is 1.95. The Labute approximate surface area is 86.0 Å². The minimum atomic E-state index is -0.278. The minimum Gasteiger partial charge on any atom is -0.393 e. The SMILES string of the molecule is CN[C@@H](C)c1ccccc1C[C@@H](C)O. The van der Waals surface area contributed by atoms with Gasteiger partial charge in [0.2, 0.25) is 0 Å². The van der Waals surface area contributed by atoms with Crippen LogP contribution in [-0.2, 0) is 6.42 Å². The molecule has 0 bridgehead atoms. The Kier molecular flexibility index (Phi) is 4.11. The molecule has 0 heterocycles. The minimum absolute atomic E-state index is 0.278. The van der Waals surface area contributed by atoms with E-state index in [9.17, 15) is 5.11 Å². The van der Waals surface area contributed by atoms with Crippen molar-refractivity contribution in [1.29, 1.82) is 0 Å². The molecule has 0 unspecified atom stereocenters. The maximum Gasteiger partial charge on any atom is 0.0552 e. The molecule has 2 nitrogen and oxygen atoms in total. The fourth-order valence-electron chi connectivity index (χ4n) is 1.62. The predicted octanol–water partition coefficient (Wildman–Crippen LogP) is 1.89. The molecule has 0 aliphatic carbocycles. The molecule has 0 amide bonds. The van der Waals surface area contributed by atoms with E-state index in [1.807, 2.05) is 26.1 Å². The van der Waals surface area contributed by atoms with Gasteiger partial charge >= 0.3 is 0 Å². The normalized spacial score (nSPS) is 15.1. The Morgan fingerprint density at radius 3 is 2.50 bits per heavy atom. The number of hydrogen-bond acceptors (Lipinski definition) is 2. The third kappa shape index (κ3) is 2.82. The van der Waals surface area contributed by atoms with Crippen molar-refractivity contribution in [3.05, 3.63) is 35.4 Å². The summed E-state index contributed by atoms with van der Waals surface area (Å²) in [6.07, 6.45) is 0.447. The van der Waals surface area contributed by atoms with Gasteiger partial charge in [-0.05, 0) is 38.4 Å². The Morgan fingerprint density at radius 2 is 1.93 bits per heavy atom. The number of nitrogens with one attached hydrogen (secondary N) is 1. The van der Waals surface area contributed by atoms with E-state index in [0.29, 0.717) is 6.04 Å². The van der Waals surface area contributed by atoms with E-state index in [1.165, 1.54) is 11.1 Å². The second-order valence-electron chi connectivity index (χ2n) is 3.76. The van der Waals surface area contributed by atoms with Crippen molar-refractivity contribution in [3.8, 4) is 0 Å². The number of aliphatic hydroxyl groups excluding tert-OH is 1. The Balaban J connectivity index is 2.91. The molecule has 0 aromatic heterocycles. The molecule has 0 saturated carbocycles. The summed E-state index contributed by atoms with van der Waals surface area (Å²) in [5, 5.41) is 12.6. The maximum atomic E-state index is 9.36. The maximum absolute atomic E-state index is 9.36. The van der Waals surface area contributed by atoms with E-state index >= 15 is 0 Å². The van der Waals surface area contributed by atoms with Gasteiger partial charge in [0.15, 0.2) is 0 Å². The van der Waals surface area contributed by atoms with Crippen molar-refractivity contribution in [1.82, 2.24) is 5.32 Å². The molecule has 0 fully saturated rings. The number of benzene rings is 1. The quantitative estimate of drug-likeness (QED) is 0.765. The van der Waals surface area contributed by atoms with Gasteiger partial charge in [0.25, 0.3) is 0 Å². The zero-order valence-electron chi connectivity index (χ0n) is 9.12. The lowest BCUT2D eigenvalue weighted by molar-refractivity contribution is 0.195. The van der Waals surface area contributed by atoms with Crippen LogP contribution >= 0.6 is 0 Å². The van der Waals surface area contributed by atoms with E-state index in [2.05, 4.69) is 24.4 Å². The fraction of sp³-hybridized carbons (Fsp3) is 0.500. The first-order valence-corrected chi connectivity index (χ1v) is 5.08. The second kappa shape index (κ2) is 5.13. The second-order valence-corrected chi connectivity index (χ2v) is 3.76. The van der Waals surface area contributed by atoms with Crippen molar-refractivity contribution in [2.45, 2.75) is 32.4 Å². The van der Waals surface area contributed by atoms with E-state index in [-0.39, 0.29) is 6.10 Å². The summed E-state index contributed by atoms with van der Waals surface area (Å²) >= 11 is 0. The van der Waals surface area contributed by atoms with Gasteiger partial charge in [0.05, 0.1) is 6.10 Å². The average Bonchev–Trinajstić information content (AvgIpc) is 2.16. The van der Waals surface area contributed by atoms with Crippen LogP contribution < -0.4 is 5.32 Å². The molecular weight excluding hydrogens is 174 g/mol. The molecule has 2 atom stereocenters. The highest BCUT2D eigenvalue weighted by atomic mass is 16.3. The van der Waals surface area contributed by atoms with Crippen LogP contribution in [-0.4, -0.2) is 18.3 Å². The molecule has 78 valence electrons. The van der Waals surface area contributed by atoms with E-state index in [1.54, 1.807) is 0 Å². The zero-order chi connectivity index (χ0) is 10.6. The van der Waals surface area contributed by atoms with Crippen LogP contribution in [0.1, 0.15) is 31.0 Å². The lowest BCUT2D eigenvalue weighted by atomic mass is 9.97. The molecule has 0 spiro atoms. The van der Waals surface area contributed by atoms with Crippen LogP contribution in [0.25, 0.3) is 0 Å². The van der Waals surface area contributed by atoms with Crippen LogP contribution in [0, 0.1) is 0 Å². The fourth-order valence-corrected chi connectivity index (χ4v) is 1.62. The molecule has 0 aliphatic rings. The summed E-state index contributed by atoms with van der Waals surface area (Å²) in [6, 6.07) is 8.58. The zero-order valence-corrected chi connectivity index (χ0v) is 9.12. The average molecular weight is 193 g/mol. The van der Waals surface area contributed by atoms with Crippen LogP contribution in [0.2, 0.25) is 0 Å². The predicted molar refractivity (Wildman–Crippen MR) is 59.3 cm³/mol. The first-order valence-electron chi connectivity index (χ1n) is 5.08. The van der Waals surface area contributed by atoms with Gasteiger partial charge < -0.3 is 10.4 Å². The van der Waals surface area contributed by atoms with Gasteiger partial charge in [0, 0.05) is 6.04 Å². The summed E-state index contributed by atoms with van der Waals surface area (Å²) in [6.45, 7) is 3.95. The van der Waals surface area contributed by atoms with Gasteiger partial charge in [-0.2, -0.15) is 0 Å². The summed E-state index contributed by atoms with van der Waals surface area (Å²) in [5.41, 5.74) is 2.50. The molecule has 2 heteroatoms. The molecule has 1 rings (SSSR count). The van der Waals surface area contributed by atoms with Crippen molar-refractivity contribution in [3.63, 3.8) is 0 Å². The van der Waals surface area contributed by atoms with Gasteiger partial charge in [-0.3, -0.25) is 0 Å². The van der Waals surface area contributed by atoms with Crippen molar-refractivity contribution >= 4 is 0 Å². The van der Waals surface area contributed by atoms with Gasteiger partial charge in [-0.1, -0.05) is 24.3 Å². The lowest BCUT2D eigenvalue weighted by Crippen LogP contribution is -2.16. The molecule has 1 aromatic rings. The van der Waals surface area contributed by atoms with E-state index in [4.69, 9.17) is 0 Å². The van der Waals surface area contributed by atoms with Gasteiger partial charge in [0.1, 0.15) is 0 Å². The molecule has 0 radical (unpaired) electrons. The first kappa shape index (κ1) is 11.2. The molecule has 1 aromatic carbocycles. The van der Waals surface area contributed by atoms with Crippen molar-refractivity contribution in [2.24, 2.45) is 0 Å². The highest BCUT2D eigenvalue weighted by Crippen LogP contribution is 2.18. The van der Waals surface area contributed by atoms with Crippen molar-refractivity contribution in [2.75, 3.05) is 7.05 Å². The molecular formula is C12H19NO. The third-order valence-electron chi connectivity index (χ3n) is 2.47. The van der Waals surface area contributed by atoms with Gasteiger partial charge in [-0.25, -0.2) is 0 Å². The van der Waals surface area contributed by atoms with Crippen LogP contribution in [0.5, 0.6) is 0 Å². The smallest absolute Gasteiger partial charge is 0.0552 e. The number of aliphatic hydroxyl groups is 1. The standard InChI is InChI=1S/C12H19NO/c1-9(14)8-11-6-4-5-7-12(11)10(2)13-3/h4-7,9-10,13-14H,8H2,1-3H3/t9-,10+/m1/s1. The van der Waals surface area contributed by atoms with E-state index < -0.39 is 0 Å². The van der Waals surface area contributed by atoms with Crippen molar-refractivity contribution < 1.29 is 5.11 Å². The topological polar surface area (TPSA) is 32.3 Å². The number of rotatable bonds is 4. The lowest BCUT2D eigenvalue weighted by Gasteiger charge is -2.16. The van der Waals surface area contributed by atoms with Crippen LogP contribution in [0.3, 0.4) is 0 Å². The molecule has 14 heavy (non-hydrogen) atoms. The highest BCUT2D eigenvalue weighted by molar-refractivity contribution is 5.30. The van der Waals surface area contributed by atoms with E-state index in [0.717, 1.165) is 6.42 Å².